The number of aromatic nitrogens is 2. The van der Waals surface area contributed by atoms with Gasteiger partial charge in [-0.3, -0.25) is 0 Å². The van der Waals surface area contributed by atoms with Crippen molar-refractivity contribution in [3.05, 3.63) is 18.2 Å². The van der Waals surface area contributed by atoms with Crippen LogP contribution in [0.15, 0.2) is 12.4 Å². The van der Waals surface area contributed by atoms with Crippen LogP contribution in [0.5, 0.6) is 0 Å². The molecule has 0 bridgehead atoms. The van der Waals surface area contributed by atoms with E-state index in [1.54, 1.807) is 0 Å². The largest absolute Gasteiger partial charge is 0.340 e. The maximum absolute atomic E-state index is 12.5. The second-order valence-electron chi connectivity index (χ2n) is 2.57. The van der Waals surface area contributed by atoms with Crippen molar-refractivity contribution in [2.75, 3.05) is 24.5 Å². The Morgan fingerprint density at radius 1 is 1.46 bits per heavy atom. The van der Waals surface area contributed by atoms with Gasteiger partial charge in [0.1, 0.15) is 0 Å². The molecule has 13 heavy (non-hydrogen) atoms. The molecule has 1 aromatic rings. The number of hydrogen-bond donors (Lipinski definition) is 1. The van der Waals surface area contributed by atoms with E-state index >= 15 is 0 Å². The van der Waals surface area contributed by atoms with E-state index < -0.39 is 5.82 Å². The second-order valence-corrected chi connectivity index (χ2v) is 2.57. The first-order valence-electron chi connectivity index (χ1n) is 4.20. The smallest absolute Gasteiger partial charge is 0.225 e. The summed E-state index contributed by atoms with van der Waals surface area (Å²) in [5.74, 6) is 0.0990. The lowest BCUT2D eigenvalue weighted by Gasteiger charge is -2.18. The van der Waals surface area contributed by atoms with Gasteiger partial charge in [-0.2, -0.15) is 0 Å². The molecule has 2 N–H and O–H groups in total. The minimum absolute atomic E-state index is 0.424. The Hall–Kier alpha value is -1.23. The van der Waals surface area contributed by atoms with Crippen LogP contribution >= 0.6 is 0 Å². The highest BCUT2D eigenvalue weighted by Gasteiger charge is 2.05. The zero-order valence-electron chi connectivity index (χ0n) is 7.57. The maximum atomic E-state index is 12.5. The normalized spacial score (nSPS) is 10.1. The molecule has 0 amide bonds. The Bertz CT molecular complexity index is 249. The van der Waals surface area contributed by atoms with Crippen molar-refractivity contribution >= 4 is 5.95 Å². The molecular formula is C8H13FN4. The van der Waals surface area contributed by atoms with E-state index in [0.29, 0.717) is 19.0 Å². The fourth-order valence-corrected chi connectivity index (χ4v) is 1.02. The number of nitrogens with zero attached hydrogens (tertiary/aromatic N) is 3. The molecule has 0 saturated carbocycles. The molecule has 1 heterocycles. The monoisotopic (exact) mass is 184 g/mol. The van der Waals surface area contributed by atoms with Gasteiger partial charge < -0.3 is 10.6 Å². The number of anilines is 1. The van der Waals surface area contributed by atoms with E-state index in [2.05, 4.69) is 9.97 Å². The summed E-state index contributed by atoms with van der Waals surface area (Å²) in [6.45, 7) is 3.96. The van der Waals surface area contributed by atoms with Gasteiger partial charge in [-0.15, -0.1) is 0 Å². The zero-order valence-corrected chi connectivity index (χ0v) is 7.57. The Kier molecular flexibility index (Phi) is 3.57. The molecule has 0 unspecified atom stereocenters. The first kappa shape index (κ1) is 9.85. The third kappa shape index (κ3) is 2.62. The molecule has 0 spiro atoms. The van der Waals surface area contributed by atoms with Crippen molar-refractivity contribution in [2.24, 2.45) is 5.73 Å². The summed E-state index contributed by atoms with van der Waals surface area (Å²) in [5.41, 5.74) is 5.40. The molecular weight excluding hydrogens is 171 g/mol. The number of likely N-dealkylation sites (N-methyl/N-ethyl adjacent to an activating group) is 1. The highest BCUT2D eigenvalue weighted by atomic mass is 19.1. The van der Waals surface area contributed by atoms with Crippen LogP contribution < -0.4 is 10.6 Å². The lowest BCUT2D eigenvalue weighted by atomic mass is 10.5. The SMILES string of the molecule is CCN(CCN)c1ncc(F)cn1. The fourth-order valence-electron chi connectivity index (χ4n) is 1.02. The topological polar surface area (TPSA) is 55.0 Å². The lowest BCUT2D eigenvalue weighted by molar-refractivity contribution is 0.611. The number of nitrogens with two attached hydrogens (primary N) is 1. The van der Waals surface area contributed by atoms with E-state index in [9.17, 15) is 4.39 Å². The van der Waals surface area contributed by atoms with Gasteiger partial charge in [0.25, 0.3) is 0 Å². The predicted molar refractivity (Wildman–Crippen MR) is 48.9 cm³/mol. The molecule has 0 fully saturated rings. The molecule has 5 heteroatoms. The first-order valence-corrected chi connectivity index (χ1v) is 4.20. The van der Waals surface area contributed by atoms with Gasteiger partial charge in [0, 0.05) is 19.6 Å². The minimum Gasteiger partial charge on any atom is -0.340 e. The molecule has 72 valence electrons. The van der Waals surface area contributed by atoms with Gasteiger partial charge >= 0.3 is 0 Å². The second kappa shape index (κ2) is 4.71. The Morgan fingerprint density at radius 2 is 2.08 bits per heavy atom. The van der Waals surface area contributed by atoms with Gasteiger partial charge in [-0.1, -0.05) is 0 Å². The van der Waals surface area contributed by atoms with Crippen LogP contribution in [0.25, 0.3) is 0 Å². The average Bonchev–Trinajstić information content (AvgIpc) is 2.16. The molecule has 0 radical (unpaired) electrons. The van der Waals surface area contributed by atoms with Gasteiger partial charge in [-0.05, 0) is 6.92 Å². The molecule has 0 aliphatic rings. The van der Waals surface area contributed by atoms with Crippen molar-refractivity contribution in [3.63, 3.8) is 0 Å². The summed E-state index contributed by atoms with van der Waals surface area (Å²) in [6.07, 6.45) is 2.31. The van der Waals surface area contributed by atoms with Gasteiger partial charge in [0.2, 0.25) is 5.95 Å². The Morgan fingerprint density at radius 3 is 2.54 bits per heavy atom. The standard InChI is InChI=1S/C8H13FN4/c1-2-13(4-3-10)8-11-5-7(9)6-12-8/h5-6H,2-4,10H2,1H3. The van der Waals surface area contributed by atoms with E-state index in [0.717, 1.165) is 18.9 Å². The third-order valence-electron chi connectivity index (χ3n) is 1.67. The summed E-state index contributed by atoms with van der Waals surface area (Å²) >= 11 is 0. The van der Waals surface area contributed by atoms with Crippen LogP contribution in [-0.4, -0.2) is 29.6 Å². The molecule has 4 nitrogen and oxygen atoms in total. The highest BCUT2D eigenvalue weighted by molar-refractivity contribution is 5.27. The zero-order chi connectivity index (χ0) is 9.68. The third-order valence-corrected chi connectivity index (χ3v) is 1.67. The lowest BCUT2D eigenvalue weighted by Crippen LogP contribution is -2.30. The van der Waals surface area contributed by atoms with E-state index in [4.69, 9.17) is 5.73 Å². The van der Waals surface area contributed by atoms with E-state index in [-0.39, 0.29) is 0 Å². The quantitative estimate of drug-likeness (QED) is 0.736. The summed E-state index contributed by atoms with van der Waals surface area (Å²) in [7, 11) is 0. The van der Waals surface area contributed by atoms with Crippen molar-refractivity contribution in [1.82, 2.24) is 9.97 Å². The summed E-state index contributed by atoms with van der Waals surface area (Å²) in [5, 5.41) is 0. The van der Waals surface area contributed by atoms with Crippen molar-refractivity contribution in [3.8, 4) is 0 Å². The summed E-state index contributed by atoms with van der Waals surface area (Å²) in [6, 6.07) is 0. The molecule has 0 aliphatic heterocycles. The predicted octanol–water partition coefficient (Wildman–Crippen LogP) is 0.401. The molecule has 0 aromatic carbocycles. The molecule has 0 saturated heterocycles. The van der Waals surface area contributed by atoms with Crippen LogP contribution in [0.4, 0.5) is 10.3 Å². The first-order chi connectivity index (χ1) is 6.27. The molecule has 0 aliphatic carbocycles. The minimum atomic E-state index is -0.424. The van der Waals surface area contributed by atoms with Crippen molar-refractivity contribution in [1.29, 1.82) is 0 Å². The molecule has 1 aromatic heterocycles. The van der Waals surface area contributed by atoms with Gasteiger partial charge in [0.05, 0.1) is 12.4 Å². The van der Waals surface area contributed by atoms with E-state index in [1.807, 2.05) is 11.8 Å². The number of halogens is 1. The van der Waals surface area contributed by atoms with Crippen LogP contribution in [0.3, 0.4) is 0 Å². The van der Waals surface area contributed by atoms with Crippen LogP contribution in [0.1, 0.15) is 6.92 Å². The number of rotatable bonds is 4. The van der Waals surface area contributed by atoms with Crippen molar-refractivity contribution in [2.45, 2.75) is 6.92 Å². The fraction of sp³-hybridized carbons (Fsp3) is 0.500. The summed E-state index contributed by atoms with van der Waals surface area (Å²) < 4.78 is 12.5. The molecule has 0 atom stereocenters. The van der Waals surface area contributed by atoms with Crippen LogP contribution in [0.2, 0.25) is 0 Å². The van der Waals surface area contributed by atoms with Crippen LogP contribution in [0, 0.1) is 5.82 Å². The summed E-state index contributed by atoms with van der Waals surface area (Å²) in [4.78, 5) is 9.59. The Labute approximate surface area is 76.6 Å². The maximum Gasteiger partial charge on any atom is 0.225 e. The van der Waals surface area contributed by atoms with Crippen LogP contribution in [-0.2, 0) is 0 Å². The van der Waals surface area contributed by atoms with Gasteiger partial charge in [0.15, 0.2) is 5.82 Å². The average molecular weight is 184 g/mol. The van der Waals surface area contributed by atoms with Gasteiger partial charge in [-0.25, -0.2) is 14.4 Å². The van der Waals surface area contributed by atoms with Crippen molar-refractivity contribution < 1.29 is 4.39 Å². The Balaban J connectivity index is 2.73. The van der Waals surface area contributed by atoms with E-state index in [1.165, 1.54) is 0 Å². The highest BCUT2D eigenvalue weighted by Crippen LogP contribution is 2.04. The molecule has 1 rings (SSSR count). The number of hydrogen-bond acceptors (Lipinski definition) is 4.